The topological polar surface area (TPSA) is 70.7 Å². The third-order valence-corrected chi connectivity index (χ3v) is 4.82. The van der Waals surface area contributed by atoms with Gasteiger partial charge >= 0.3 is 6.09 Å². The minimum absolute atomic E-state index is 0.107. The van der Waals surface area contributed by atoms with Crippen LogP contribution in [0, 0.1) is 10.8 Å². The standard InChI is InChI=1S/C14H23N3O3/c1-12(2,3)20-11(19)17-8-13(9-17)6-15-7-14(13)4-5-16-10(14)18/h15H,4-9H2,1-3H3,(H,16,18). The van der Waals surface area contributed by atoms with E-state index < -0.39 is 5.60 Å². The van der Waals surface area contributed by atoms with E-state index in [1.54, 1.807) is 4.90 Å². The summed E-state index contributed by atoms with van der Waals surface area (Å²) >= 11 is 0. The summed E-state index contributed by atoms with van der Waals surface area (Å²) in [6.45, 7) is 9.09. The van der Waals surface area contributed by atoms with Gasteiger partial charge in [-0.05, 0) is 27.2 Å². The summed E-state index contributed by atoms with van der Waals surface area (Å²) in [5.41, 5.74) is -0.911. The van der Waals surface area contributed by atoms with Crippen molar-refractivity contribution in [3.8, 4) is 0 Å². The van der Waals surface area contributed by atoms with E-state index in [-0.39, 0.29) is 22.8 Å². The van der Waals surface area contributed by atoms with Crippen LogP contribution in [0.4, 0.5) is 4.79 Å². The Labute approximate surface area is 119 Å². The van der Waals surface area contributed by atoms with Crippen LogP contribution < -0.4 is 10.6 Å². The molecule has 1 atom stereocenters. The summed E-state index contributed by atoms with van der Waals surface area (Å²) in [7, 11) is 0. The van der Waals surface area contributed by atoms with Gasteiger partial charge in [-0.1, -0.05) is 0 Å². The SMILES string of the molecule is CC(C)(C)OC(=O)N1CC2(CNCC23CCNC3=O)C1. The van der Waals surface area contributed by atoms with Gasteiger partial charge in [-0.25, -0.2) is 4.79 Å². The molecular weight excluding hydrogens is 258 g/mol. The van der Waals surface area contributed by atoms with Crippen LogP contribution in [0.15, 0.2) is 0 Å². The number of amides is 2. The van der Waals surface area contributed by atoms with E-state index in [1.807, 2.05) is 20.8 Å². The van der Waals surface area contributed by atoms with Crippen LogP contribution in [0.25, 0.3) is 0 Å². The molecule has 0 aromatic rings. The van der Waals surface area contributed by atoms with Gasteiger partial charge in [0.2, 0.25) is 5.91 Å². The molecule has 3 saturated heterocycles. The molecule has 3 aliphatic rings. The second-order valence-corrected chi connectivity index (χ2v) is 7.31. The fraction of sp³-hybridized carbons (Fsp3) is 0.857. The molecule has 3 heterocycles. The first-order valence-corrected chi connectivity index (χ1v) is 7.25. The maximum atomic E-state index is 12.2. The maximum absolute atomic E-state index is 12.2. The van der Waals surface area contributed by atoms with Crippen LogP contribution in [-0.4, -0.2) is 55.2 Å². The Bertz CT molecular complexity index is 447. The Morgan fingerprint density at radius 1 is 1.30 bits per heavy atom. The van der Waals surface area contributed by atoms with Crippen molar-refractivity contribution < 1.29 is 14.3 Å². The molecule has 1 unspecified atom stereocenters. The van der Waals surface area contributed by atoms with Crippen LogP contribution in [0.2, 0.25) is 0 Å². The van der Waals surface area contributed by atoms with Crippen molar-refractivity contribution >= 4 is 12.0 Å². The lowest BCUT2D eigenvalue weighted by atomic mass is 9.60. The van der Waals surface area contributed by atoms with E-state index in [9.17, 15) is 9.59 Å². The molecule has 3 aliphatic heterocycles. The Morgan fingerprint density at radius 3 is 2.55 bits per heavy atom. The monoisotopic (exact) mass is 281 g/mol. The van der Waals surface area contributed by atoms with Crippen LogP contribution in [0.1, 0.15) is 27.2 Å². The molecule has 6 heteroatoms. The first kappa shape index (κ1) is 13.7. The van der Waals surface area contributed by atoms with E-state index in [4.69, 9.17) is 4.74 Å². The number of carbonyl (C=O) groups is 2. The summed E-state index contributed by atoms with van der Waals surface area (Å²) in [6, 6.07) is 0. The summed E-state index contributed by atoms with van der Waals surface area (Å²) < 4.78 is 5.39. The number of nitrogens with zero attached hydrogens (tertiary/aromatic N) is 1. The smallest absolute Gasteiger partial charge is 0.410 e. The van der Waals surface area contributed by atoms with Crippen molar-refractivity contribution in [3.05, 3.63) is 0 Å². The highest BCUT2D eigenvalue weighted by Crippen LogP contribution is 2.53. The Morgan fingerprint density at radius 2 is 2.00 bits per heavy atom. The third kappa shape index (κ3) is 1.81. The number of ether oxygens (including phenoxy) is 1. The van der Waals surface area contributed by atoms with Crippen molar-refractivity contribution in [2.45, 2.75) is 32.8 Å². The predicted molar refractivity (Wildman–Crippen MR) is 73.2 cm³/mol. The lowest BCUT2D eigenvalue weighted by Crippen LogP contribution is -2.67. The number of hydrogen-bond donors (Lipinski definition) is 2. The van der Waals surface area contributed by atoms with E-state index in [2.05, 4.69) is 10.6 Å². The second-order valence-electron chi connectivity index (χ2n) is 7.31. The molecule has 0 aromatic carbocycles. The van der Waals surface area contributed by atoms with Crippen LogP contribution >= 0.6 is 0 Å². The number of nitrogens with one attached hydrogen (secondary N) is 2. The van der Waals surface area contributed by atoms with E-state index in [0.717, 1.165) is 26.1 Å². The van der Waals surface area contributed by atoms with Gasteiger partial charge in [0.15, 0.2) is 0 Å². The lowest BCUT2D eigenvalue weighted by molar-refractivity contribution is -0.140. The van der Waals surface area contributed by atoms with Gasteiger partial charge in [-0.3, -0.25) is 4.79 Å². The van der Waals surface area contributed by atoms with Crippen molar-refractivity contribution in [1.29, 1.82) is 0 Å². The zero-order valence-corrected chi connectivity index (χ0v) is 12.4. The van der Waals surface area contributed by atoms with Gasteiger partial charge in [-0.15, -0.1) is 0 Å². The molecule has 3 fully saturated rings. The van der Waals surface area contributed by atoms with Crippen molar-refractivity contribution in [3.63, 3.8) is 0 Å². The molecule has 2 spiro atoms. The minimum atomic E-state index is -0.476. The summed E-state index contributed by atoms with van der Waals surface area (Å²) in [5.74, 6) is 0.145. The average molecular weight is 281 g/mol. The molecule has 20 heavy (non-hydrogen) atoms. The molecule has 6 nitrogen and oxygen atoms in total. The van der Waals surface area contributed by atoms with Gasteiger partial charge in [0.1, 0.15) is 5.60 Å². The zero-order chi connectivity index (χ0) is 14.6. The summed E-state index contributed by atoms with van der Waals surface area (Å²) in [5, 5.41) is 6.29. The second kappa shape index (κ2) is 4.10. The number of rotatable bonds is 0. The van der Waals surface area contributed by atoms with Crippen molar-refractivity contribution in [2.75, 3.05) is 32.7 Å². The predicted octanol–water partition coefficient (Wildman–Crippen LogP) is 0.333. The lowest BCUT2D eigenvalue weighted by Gasteiger charge is -2.53. The zero-order valence-electron chi connectivity index (χ0n) is 12.4. The molecule has 3 rings (SSSR count). The molecule has 2 amide bonds. The normalized spacial score (nSPS) is 31.6. The Kier molecular flexibility index (Phi) is 2.80. The summed E-state index contributed by atoms with van der Waals surface area (Å²) in [6.07, 6.45) is 0.588. The average Bonchev–Trinajstić information content (AvgIpc) is 2.81. The molecular formula is C14H23N3O3. The first-order valence-electron chi connectivity index (χ1n) is 7.25. The third-order valence-electron chi connectivity index (χ3n) is 4.82. The number of carbonyl (C=O) groups excluding carboxylic acids is 2. The molecule has 0 bridgehead atoms. The van der Waals surface area contributed by atoms with Crippen LogP contribution in [-0.2, 0) is 9.53 Å². The number of fused-ring (bicyclic) bond motifs is 1. The molecule has 0 aromatic heterocycles. The molecule has 0 radical (unpaired) electrons. The number of hydrogen-bond acceptors (Lipinski definition) is 4. The van der Waals surface area contributed by atoms with Gasteiger partial charge in [0.05, 0.1) is 5.41 Å². The van der Waals surface area contributed by atoms with Gasteiger partial charge in [0.25, 0.3) is 0 Å². The van der Waals surface area contributed by atoms with Gasteiger partial charge < -0.3 is 20.3 Å². The van der Waals surface area contributed by atoms with Gasteiger partial charge in [-0.2, -0.15) is 0 Å². The largest absolute Gasteiger partial charge is 0.444 e. The Hall–Kier alpha value is -1.30. The highest BCUT2D eigenvalue weighted by Gasteiger charge is 2.66. The highest BCUT2D eigenvalue weighted by molar-refractivity contribution is 5.87. The number of likely N-dealkylation sites (tertiary alicyclic amines) is 1. The van der Waals surface area contributed by atoms with E-state index >= 15 is 0 Å². The van der Waals surface area contributed by atoms with Crippen molar-refractivity contribution in [2.24, 2.45) is 10.8 Å². The minimum Gasteiger partial charge on any atom is -0.444 e. The fourth-order valence-electron chi connectivity index (χ4n) is 3.77. The maximum Gasteiger partial charge on any atom is 0.410 e. The fourth-order valence-corrected chi connectivity index (χ4v) is 3.77. The van der Waals surface area contributed by atoms with Gasteiger partial charge in [0, 0.05) is 38.1 Å². The molecule has 0 aliphatic carbocycles. The quantitative estimate of drug-likeness (QED) is 0.671. The van der Waals surface area contributed by atoms with Crippen molar-refractivity contribution in [1.82, 2.24) is 15.5 Å². The van der Waals surface area contributed by atoms with Crippen LogP contribution in [0.5, 0.6) is 0 Å². The Balaban J connectivity index is 1.69. The highest BCUT2D eigenvalue weighted by atomic mass is 16.6. The van der Waals surface area contributed by atoms with Crippen LogP contribution in [0.3, 0.4) is 0 Å². The van der Waals surface area contributed by atoms with E-state index in [1.165, 1.54) is 0 Å². The molecule has 0 saturated carbocycles. The van der Waals surface area contributed by atoms with E-state index in [0.29, 0.717) is 13.1 Å². The molecule has 2 N–H and O–H groups in total. The molecule has 112 valence electrons. The first-order chi connectivity index (χ1) is 9.28. The summed E-state index contributed by atoms with van der Waals surface area (Å²) in [4.78, 5) is 26.0.